The van der Waals surface area contributed by atoms with Crippen LogP contribution in [0, 0.1) is 10.8 Å². The lowest BCUT2D eigenvalue weighted by Gasteiger charge is -2.30. The lowest BCUT2D eigenvalue weighted by Crippen LogP contribution is -2.39. The van der Waals surface area contributed by atoms with Gasteiger partial charge in [-0.3, -0.25) is 9.59 Å². The first-order valence-electron chi connectivity index (χ1n) is 11.4. The van der Waals surface area contributed by atoms with Crippen molar-refractivity contribution in [2.75, 3.05) is 43.3 Å². The number of halogens is 1. The summed E-state index contributed by atoms with van der Waals surface area (Å²) in [5, 5.41) is 2.98. The van der Waals surface area contributed by atoms with Gasteiger partial charge in [-0.15, -0.1) is 11.6 Å². The molecule has 1 unspecified atom stereocenters. The van der Waals surface area contributed by atoms with E-state index < -0.39 is 5.41 Å². The summed E-state index contributed by atoms with van der Waals surface area (Å²) in [4.78, 5) is 29.8. The highest BCUT2D eigenvalue weighted by Crippen LogP contribution is 2.28. The molecule has 0 saturated carbocycles. The van der Waals surface area contributed by atoms with Gasteiger partial charge in [0.05, 0.1) is 11.5 Å². The third-order valence-corrected chi connectivity index (χ3v) is 6.28. The summed E-state index contributed by atoms with van der Waals surface area (Å²) in [5.74, 6) is 0.226. The largest absolute Gasteiger partial charge is 0.377 e. The van der Waals surface area contributed by atoms with Crippen LogP contribution in [0.15, 0.2) is 18.2 Å². The van der Waals surface area contributed by atoms with E-state index in [0.29, 0.717) is 25.2 Å². The highest BCUT2D eigenvalue weighted by molar-refractivity contribution is 6.20. The summed E-state index contributed by atoms with van der Waals surface area (Å²) in [5.41, 5.74) is 1.93. The Balaban J connectivity index is 2.32. The normalized spacial score (nSPS) is 16.7. The molecule has 2 amide bonds. The van der Waals surface area contributed by atoms with Crippen LogP contribution in [0.25, 0.3) is 0 Å². The smallest absolute Gasteiger partial charge is 0.231 e. The standard InChI is InChI=1S/C25H40ClN3O3/c1-24(2,3)14-22(30)29(16-20-9-8-12-32-20)15-18-13-19(10-11-21(18)28(6)7)27-23(31)25(4,5)17-26/h10-11,13,20H,8-9,12,14-17H2,1-7H3,(H,27,31). The second-order valence-corrected chi connectivity index (χ2v) is 11.1. The Bertz CT molecular complexity index is 796. The molecule has 1 aliphatic rings. The van der Waals surface area contributed by atoms with Crippen molar-refractivity contribution in [2.45, 2.75) is 66.5 Å². The molecule has 1 aromatic rings. The summed E-state index contributed by atoms with van der Waals surface area (Å²) in [7, 11) is 3.96. The fourth-order valence-electron chi connectivity index (χ4n) is 3.65. The van der Waals surface area contributed by atoms with Gasteiger partial charge in [-0.05, 0) is 55.9 Å². The van der Waals surface area contributed by atoms with Crippen molar-refractivity contribution in [1.82, 2.24) is 4.90 Å². The van der Waals surface area contributed by atoms with Gasteiger partial charge in [-0.2, -0.15) is 0 Å². The Hall–Kier alpha value is -1.79. The zero-order valence-corrected chi connectivity index (χ0v) is 21.5. The zero-order chi connectivity index (χ0) is 24.1. The van der Waals surface area contributed by atoms with E-state index in [4.69, 9.17) is 16.3 Å². The van der Waals surface area contributed by atoms with E-state index in [9.17, 15) is 9.59 Å². The number of ether oxygens (including phenoxy) is 1. The van der Waals surface area contributed by atoms with E-state index in [1.807, 2.05) is 55.9 Å². The Morgan fingerprint density at radius 2 is 1.88 bits per heavy atom. The zero-order valence-electron chi connectivity index (χ0n) is 20.8. The number of nitrogens with zero attached hydrogens (tertiary/aromatic N) is 2. The molecular weight excluding hydrogens is 426 g/mol. The number of hydrogen-bond donors (Lipinski definition) is 1. The summed E-state index contributed by atoms with van der Waals surface area (Å²) < 4.78 is 5.83. The van der Waals surface area contributed by atoms with E-state index in [-0.39, 0.29) is 29.2 Å². The van der Waals surface area contributed by atoms with Crippen LogP contribution in [-0.2, 0) is 20.9 Å². The molecule has 180 valence electrons. The molecule has 1 heterocycles. The van der Waals surface area contributed by atoms with Crippen molar-refractivity contribution < 1.29 is 14.3 Å². The third-order valence-electron chi connectivity index (χ3n) is 5.61. The summed E-state index contributed by atoms with van der Waals surface area (Å²) in [6.07, 6.45) is 2.56. The minimum atomic E-state index is -0.670. The van der Waals surface area contributed by atoms with Crippen LogP contribution >= 0.6 is 11.6 Å². The fourth-order valence-corrected chi connectivity index (χ4v) is 3.77. The predicted octanol–water partition coefficient (Wildman–Crippen LogP) is 4.90. The molecule has 0 aromatic heterocycles. The van der Waals surface area contributed by atoms with Crippen molar-refractivity contribution in [1.29, 1.82) is 0 Å². The summed E-state index contributed by atoms with van der Waals surface area (Å²) in [6.45, 7) is 11.7. The van der Waals surface area contributed by atoms with Crippen molar-refractivity contribution in [3.63, 3.8) is 0 Å². The molecule has 1 saturated heterocycles. The Morgan fingerprint density at radius 1 is 1.19 bits per heavy atom. The molecule has 1 aromatic carbocycles. The molecular formula is C25H40ClN3O3. The SMILES string of the molecule is CN(C)c1ccc(NC(=O)C(C)(C)CCl)cc1CN(CC1CCCO1)C(=O)CC(C)(C)C. The van der Waals surface area contributed by atoms with Gasteiger partial charge in [-0.25, -0.2) is 0 Å². The van der Waals surface area contributed by atoms with E-state index in [1.54, 1.807) is 0 Å². The maximum atomic E-state index is 13.2. The molecule has 1 atom stereocenters. The number of carbonyl (C=O) groups excluding carboxylic acids is 2. The van der Waals surface area contributed by atoms with Gasteiger partial charge in [-0.1, -0.05) is 20.8 Å². The first-order valence-corrected chi connectivity index (χ1v) is 11.9. The summed E-state index contributed by atoms with van der Waals surface area (Å²) >= 11 is 5.97. The van der Waals surface area contributed by atoms with Crippen LogP contribution in [0.3, 0.4) is 0 Å². The average molecular weight is 466 g/mol. The highest BCUT2D eigenvalue weighted by Gasteiger charge is 2.28. The third kappa shape index (κ3) is 7.66. The monoisotopic (exact) mass is 465 g/mol. The maximum Gasteiger partial charge on any atom is 0.231 e. The van der Waals surface area contributed by atoms with Crippen LogP contribution in [0.2, 0.25) is 0 Å². The molecule has 0 bridgehead atoms. The van der Waals surface area contributed by atoms with Crippen LogP contribution in [0.1, 0.15) is 59.4 Å². The Kier molecular flexibility index (Phi) is 9.00. The number of amides is 2. The molecule has 32 heavy (non-hydrogen) atoms. The van der Waals surface area contributed by atoms with Gasteiger partial charge < -0.3 is 19.9 Å². The van der Waals surface area contributed by atoms with Crippen molar-refractivity contribution in [2.24, 2.45) is 10.8 Å². The van der Waals surface area contributed by atoms with Gasteiger partial charge in [0.2, 0.25) is 11.8 Å². The van der Waals surface area contributed by atoms with E-state index >= 15 is 0 Å². The van der Waals surface area contributed by atoms with Crippen LogP contribution in [0.5, 0.6) is 0 Å². The van der Waals surface area contributed by atoms with Crippen molar-refractivity contribution in [3.8, 4) is 0 Å². The van der Waals surface area contributed by atoms with E-state index in [1.165, 1.54) is 0 Å². The number of anilines is 2. The lowest BCUT2D eigenvalue weighted by atomic mass is 9.91. The van der Waals surface area contributed by atoms with E-state index in [2.05, 4.69) is 26.1 Å². The minimum Gasteiger partial charge on any atom is -0.377 e. The molecule has 0 spiro atoms. The van der Waals surface area contributed by atoms with Crippen molar-refractivity contribution >= 4 is 34.8 Å². The molecule has 2 rings (SSSR count). The second kappa shape index (κ2) is 10.9. The number of rotatable bonds is 9. The minimum absolute atomic E-state index is 0.0779. The number of nitrogens with one attached hydrogen (secondary N) is 1. The number of benzene rings is 1. The molecule has 1 fully saturated rings. The van der Waals surface area contributed by atoms with Crippen LogP contribution in [0.4, 0.5) is 11.4 Å². The van der Waals surface area contributed by atoms with Crippen LogP contribution < -0.4 is 10.2 Å². The summed E-state index contributed by atoms with van der Waals surface area (Å²) in [6, 6.07) is 5.84. The first kappa shape index (κ1) is 26.5. The van der Waals surface area contributed by atoms with E-state index in [0.717, 1.165) is 30.7 Å². The number of hydrogen-bond acceptors (Lipinski definition) is 4. The van der Waals surface area contributed by atoms with Gasteiger partial charge in [0, 0.05) is 57.5 Å². The molecule has 1 N–H and O–H groups in total. The van der Waals surface area contributed by atoms with Gasteiger partial charge in [0.25, 0.3) is 0 Å². The van der Waals surface area contributed by atoms with Gasteiger partial charge in [0.15, 0.2) is 0 Å². The number of alkyl halides is 1. The fraction of sp³-hybridized carbons (Fsp3) is 0.680. The lowest BCUT2D eigenvalue weighted by molar-refractivity contribution is -0.135. The van der Waals surface area contributed by atoms with Gasteiger partial charge in [0.1, 0.15) is 0 Å². The molecule has 1 aliphatic heterocycles. The molecule has 7 heteroatoms. The first-order chi connectivity index (χ1) is 14.8. The van der Waals surface area contributed by atoms with Gasteiger partial charge >= 0.3 is 0 Å². The quantitative estimate of drug-likeness (QED) is 0.527. The average Bonchev–Trinajstić information content (AvgIpc) is 3.19. The Labute approximate surface area is 198 Å². The Morgan fingerprint density at radius 3 is 2.41 bits per heavy atom. The van der Waals surface area contributed by atoms with Crippen LogP contribution in [-0.4, -0.2) is 55.9 Å². The molecule has 0 radical (unpaired) electrons. The predicted molar refractivity (Wildman–Crippen MR) is 132 cm³/mol. The molecule has 6 nitrogen and oxygen atoms in total. The van der Waals surface area contributed by atoms with Crippen molar-refractivity contribution in [3.05, 3.63) is 23.8 Å². The topological polar surface area (TPSA) is 61.9 Å². The number of carbonyl (C=O) groups is 2. The molecule has 0 aliphatic carbocycles. The maximum absolute atomic E-state index is 13.2. The second-order valence-electron chi connectivity index (χ2n) is 10.9. The highest BCUT2D eigenvalue weighted by atomic mass is 35.5.